The quantitative estimate of drug-likeness (QED) is 0.823. The van der Waals surface area contributed by atoms with Crippen LogP contribution in [0.3, 0.4) is 0 Å². The number of aryl methyl sites for hydroxylation is 1. The fourth-order valence-corrected chi connectivity index (χ4v) is 3.35. The van der Waals surface area contributed by atoms with Gasteiger partial charge in [0.25, 0.3) is 0 Å². The number of nitrogens with one attached hydrogen (secondary N) is 1. The van der Waals surface area contributed by atoms with Crippen LogP contribution in [0.5, 0.6) is 0 Å². The van der Waals surface area contributed by atoms with E-state index in [2.05, 4.69) is 36.5 Å². The summed E-state index contributed by atoms with van der Waals surface area (Å²) in [5, 5.41) is 3.60. The highest BCUT2D eigenvalue weighted by Crippen LogP contribution is 2.30. The average Bonchev–Trinajstić information content (AvgIpc) is 2.67. The third-order valence-corrected chi connectivity index (χ3v) is 4.17. The van der Waals surface area contributed by atoms with Gasteiger partial charge in [-0.25, -0.2) is 0 Å². The molecule has 1 aliphatic heterocycles. The van der Waals surface area contributed by atoms with E-state index in [0.29, 0.717) is 6.54 Å². The molecule has 1 aromatic rings. The van der Waals surface area contributed by atoms with Crippen LogP contribution >= 0.6 is 11.8 Å². The Kier molecular flexibility index (Phi) is 3.22. The molecule has 1 heterocycles. The maximum Gasteiger partial charge on any atom is 0.0593 e. The van der Waals surface area contributed by atoms with Crippen molar-refractivity contribution in [2.75, 3.05) is 23.4 Å². The summed E-state index contributed by atoms with van der Waals surface area (Å²) in [6, 6.07) is 8.50. The Hall–Kier alpha value is -0.670. The zero-order valence-corrected chi connectivity index (χ0v) is 9.94. The Morgan fingerprint density at radius 2 is 2.40 bits per heavy atom. The molecule has 0 bridgehead atoms. The van der Waals surface area contributed by atoms with E-state index in [-0.39, 0.29) is 5.54 Å². The van der Waals surface area contributed by atoms with Crippen molar-refractivity contribution in [1.29, 1.82) is 0 Å². The van der Waals surface area contributed by atoms with Crippen molar-refractivity contribution < 1.29 is 0 Å². The van der Waals surface area contributed by atoms with Gasteiger partial charge in [0.05, 0.1) is 5.54 Å². The zero-order valence-electron chi connectivity index (χ0n) is 9.12. The van der Waals surface area contributed by atoms with Gasteiger partial charge in [0.15, 0.2) is 0 Å². The van der Waals surface area contributed by atoms with Crippen molar-refractivity contribution in [3.63, 3.8) is 0 Å². The Labute approximate surface area is 95.6 Å². The smallest absolute Gasteiger partial charge is 0.0593 e. The van der Waals surface area contributed by atoms with Crippen LogP contribution in [0.25, 0.3) is 0 Å². The predicted octanol–water partition coefficient (Wildman–Crippen LogP) is 2.24. The first kappa shape index (κ1) is 10.8. The minimum Gasteiger partial charge on any atom is -0.377 e. The van der Waals surface area contributed by atoms with Crippen LogP contribution in [0.15, 0.2) is 24.3 Å². The highest BCUT2D eigenvalue weighted by molar-refractivity contribution is 7.99. The fraction of sp³-hybridized carbons (Fsp3) is 0.500. The summed E-state index contributed by atoms with van der Waals surface area (Å²) in [5.41, 5.74) is 8.49. The third kappa shape index (κ3) is 2.47. The highest BCUT2D eigenvalue weighted by atomic mass is 32.2. The lowest BCUT2D eigenvalue weighted by Gasteiger charge is -2.29. The van der Waals surface area contributed by atoms with Crippen molar-refractivity contribution in [3.8, 4) is 0 Å². The van der Waals surface area contributed by atoms with E-state index < -0.39 is 0 Å². The van der Waals surface area contributed by atoms with Gasteiger partial charge in [0, 0.05) is 18.0 Å². The van der Waals surface area contributed by atoms with E-state index in [1.807, 2.05) is 11.8 Å². The number of anilines is 1. The minimum atomic E-state index is 0.123. The van der Waals surface area contributed by atoms with Crippen molar-refractivity contribution in [2.45, 2.75) is 18.9 Å². The van der Waals surface area contributed by atoms with Gasteiger partial charge in [-0.05, 0) is 36.8 Å². The SMILES string of the molecule is Cc1cccc(NC2(CN)CCSC2)c1. The lowest BCUT2D eigenvalue weighted by Crippen LogP contribution is -2.45. The topological polar surface area (TPSA) is 38.0 Å². The van der Waals surface area contributed by atoms with Gasteiger partial charge in [0.2, 0.25) is 0 Å². The molecule has 2 nitrogen and oxygen atoms in total. The van der Waals surface area contributed by atoms with Gasteiger partial charge in [-0.15, -0.1) is 0 Å². The number of benzene rings is 1. The molecule has 1 atom stereocenters. The molecule has 0 radical (unpaired) electrons. The molecule has 3 N–H and O–H groups in total. The summed E-state index contributed by atoms with van der Waals surface area (Å²) >= 11 is 1.99. The lowest BCUT2D eigenvalue weighted by atomic mass is 9.98. The van der Waals surface area contributed by atoms with E-state index >= 15 is 0 Å². The van der Waals surface area contributed by atoms with E-state index in [0.717, 1.165) is 5.75 Å². The highest BCUT2D eigenvalue weighted by Gasteiger charge is 2.32. The first-order chi connectivity index (χ1) is 7.24. The monoisotopic (exact) mass is 222 g/mol. The van der Waals surface area contributed by atoms with Crippen LogP contribution in [0.1, 0.15) is 12.0 Å². The third-order valence-electron chi connectivity index (χ3n) is 2.92. The maximum atomic E-state index is 5.88. The molecule has 1 aliphatic rings. The molecule has 82 valence electrons. The summed E-state index contributed by atoms with van der Waals surface area (Å²) in [6.45, 7) is 2.83. The summed E-state index contributed by atoms with van der Waals surface area (Å²) in [7, 11) is 0. The molecule has 3 heteroatoms. The summed E-state index contributed by atoms with van der Waals surface area (Å²) in [5.74, 6) is 2.34. The van der Waals surface area contributed by atoms with Gasteiger partial charge >= 0.3 is 0 Å². The van der Waals surface area contributed by atoms with E-state index in [1.165, 1.54) is 23.4 Å². The molecule has 1 saturated heterocycles. The second kappa shape index (κ2) is 4.45. The molecule has 1 aromatic carbocycles. The van der Waals surface area contributed by atoms with Crippen molar-refractivity contribution >= 4 is 17.4 Å². The Morgan fingerprint density at radius 1 is 1.53 bits per heavy atom. The normalized spacial score (nSPS) is 25.5. The van der Waals surface area contributed by atoms with E-state index in [1.54, 1.807) is 0 Å². The fourth-order valence-electron chi connectivity index (χ4n) is 1.95. The number of hydrogen-bond donors (Lipinski definition) is 2. The van der Waals surface area contributed by atoms with Gasteiger partial charge < -0.3 is 11.1 Å². The standard InChI is InChI=1S/C12H18N2S/c1-10-3-2-4-11(7-10)14-12(8-13)5-6-15-9-12/h2-4,7,14H,5-6,8-9,13H2,1H3. The van der Waals surface area contributed by atoms with Gasteiger partial charge in [-0.2, -0.15) is 11.8 Å². The molecule has 0 spiro atoms. The molecule has 0 amide bonds. The van der Waals surface area contributed by atoms with Crippen molar-refractivity contribution in [2.24, 2.45) is 5.73 Å². The molecular formula is C12H18N2S. The molecule has 1 unspecified atom stereocenters. The van der Waals surface area contributed by atoms with Crippen LogP contribution in [-0.4, -0.2) is 23.6 Å². The maximum absolute atomic E-state index is 5.88. The van der Waals surface area contributed by atoms with Crippen LogP contribution in [0.2, 0.25) is 0 Å². The Morgan fingerprint density at radius 3 is 3.00 bits per heavy atom. The molecule has 0 aromatic heterocycles. The van der Waals surface area contributed by atoms with Crippen LogP contribution in [0, 0.1) is 6.92 Å². The van der Waals surface area contributed by atoms with Crippen LogP contribution in [-0.2, 0) is 0 Å². The predicted molar refractivity (Wildman–Crippen MR) is 68.5 cm³/mol. The second-order valence-electron chi connectivity index (χ2n) is 4.28. The van der Waals surface area contributed by atoms with Crippen LogP contribution in [0.4, 0.5) is 5.69 Å². The summed E-state index contributed by atoms with van der Waals surface area (Å²) < 4.78 is 0. The van der Waals surface area contributed by atoms with E-state index in [4.69, 9.17) is 5.73 Å². The van der Waals surface area contributed by atoms with Crippen LogP contribution < -0.4 is 11.1 Å². The summed E-state index contributed by atoms with van der Waals surface area (Å²) in [4.78, 5) is 0. The molecule has 0 aliphatic carbocycles. The van der Waals surface area contributed by atoms with Crippen molar-refractivity contribution in [1.82, 2.24) is 0 Å². The molecule has 1 fully saturated rings. The average molecular weight is 222 g/mol. The molecule has 15 heavy (non-hydrogen) atoms. The number of nitrogens with two attached hydrogens (primary N) is 1. The van der Waals surface area contributed by atoms with Gasteiger partial charge in [-0.1, -0.05) is 12.1 Å². The largest absolute Gasteiger partial charge is 0.377 e. The molecule has 0 saturated carbocycles. The first-order valence-electron chi connectivity index (χ1n) is 5.37. The van der Waals surface area contributed by atoms with E-state index in [9.17, 15) is 0 Å². The second-order valence-corrected chi connectivity index (χ2v) is 5.39. The van der Waals surface area contributed by atoms with Gasteiger partial charge in [0.1, 0.15) is 0 Å². The molecule has 2 rings (SSSR count). The number of thioether (sulfide) groups is 1. The zero-order chi connectivity index (χ0) is 10.7. The first-order valence-corrected chi connectivity index (χ1v) is 6.52. The Bertz CT molecular complexity index is 332. The van der Waals surface area contributed by atoms with Gasteiger partial charge in [-0.3, -0.25) is 0 Å². The van der Waals surface area contributed by atoms with Crippen molar-refractivity contribution in [3.05, 3.63) is 29.8 Å². The lowest BCUT2D eigenvalue weighted by molar-refractivity contribution is 0.537. The Balaban J connectivity index is 2.12. The molecular weight excluding hydrogens is 204 g/mol. The number of hydrogen-bond acceptors (Lipinski definition) is 3. The minimum absolute atomic E-state index is 0.123. The number of rotatable bonds is 3. The summed E-state index contributed by atoms with van der Waals surface area (Å²) in [6.07, 6.45) is 1.17.